The first-order valence-corrected chi connectivity index (χ1v) is 9.10. The SMILES string of the molecule is COc1ccc(C=CC(=O)Nc2ccc(NC(=O)c3cccs3)cc2)cc1. The molecule has 0 aliphatic carbocycles. The van der Waals surface area contributed by atoms with Crippen molar-refractivity contribution in [2.75, 3.05) is 17.7 Å². The fourth-order valence-corrected chi connectivity index (χ4v) is 2.93. The Bertz CT molecular complexity index is 931. The van der Waals surface area contributed by atoms with Crippen LogP contribution in [0.1, 0.15) is 15.2 Å². The zero-order chi connectivity index (χ0) is 19.1. The lowest BCUT2D eigenvalue weighted by atomic mass is 10.2. The van der Waals surface area contributed by atoms with Gasteiger partial charge in [-0.15, -0.1) is 11.3 Å². The van der Waals surface area contributed by atoms with Crippen molar-refractivity contribution in [3.63, 3.8) is 0 Å². The van der Waals surface area contributed by atoms with Crippen molar-refractivity contribution >= 4 is 40.6 Å². The van der Waals surface area contributed by atoms with Crippen LogP contribution in [-0.4, -0.2) is 18.9 Å². The third kappa shape index (κ3) is 5.29. The molecular weight excluding hydrogens is 360 g/mol. The Morgan fingerprint density at radius 1 is 0.926 bits per heavy atom. The van der Waals surface area contributed by atoms with E-state index in [0.29, 0.717) is 16.3 Å². The number of benzene rings is 2. The molecule has 3 aromatic rings. The van der Waals surface area contributed by atoms with Crippen molar-refractivity contribution in [2.45, 2.75) is 0 Å². The first-order chi connectivity index (χ1) is 13.1. The molecule has 1 heterocycles. The number of carbonyl (C=O) groups excluding carboxylic acids is 2. The fourth-order valence-electron chi connectivity index (χ4n) is 2.31. The van der Waals surface area contributed by atoms with Crippen LogP contribution in [0.4, 0.5) is 11.4 Å². The molecule has 0 saturated carbocycles. The summed E-state index contributed by atoms with van der Waals surface area (Å²) in [4.78, 5) is 24.7. The molecule has 2 N–H and O–H groups in total. The highest BCUT2D eigenvalue weighted by Gasteiger charge is 2.06. The van der Waals surface area contributed by atoms with Crippen LogP contribution in [-0.2, 0) is 4.79 Å². The zero-order valence-corrected chi connectivity index (χ0v) is 15.5. The first kappa shape index (κ1) is 18.4. The average molecular weight is 378 g/mol. The van der Waals surface area contributed by atoms with Gasteiger partial charge in [-0.1, -0.05) is 18.2 Å². The topological polar surface area (TPSA) is 67.4 Å². The van der Waals surface area contributed by atoms with Crippen molar-refractivity contribution < 1.29 is 14.3 Å². The summed E-state index contributed by atoms with van der Waals surface area (Å²) >= 11 is 1.38. The molecule has 0 bridgehead atoms. The summed E-state index contributed by atoms with van der Waals surface area (Å²) in [7, 11) is 1.61. The van der Waals surface area contributed by atoms with Gasteiger partial charge < -0.3 is 15.4 Å². The highest BCUT2D eigenvalue weighted by atomic mass is 32.1. The summed E-state index contributed by atoms with van der Waals surface area (Å²) in [5.41, 5.74) is 2.21. The summed E-state index contributed by atoms with van der Waals surface area (Å²) in [6.07, 6.45) is 3.19. The van der Waals surface area contributed by atoms with Gasteiger partial charge in [0.25, 0.3) is 5.91 Å². The van der Waals surface area contributed by atoms with Crippen LogP contribution in [0.2, 0.25) is 0 Å². The summed E-state index contributed by atoms with van der Waals surface area (Å²) in [5.74, 6) is 0.383. The molecule has 0 saturated heterocycles. The van der Waals surface area contributed by atoms with Crippen LogP contribution in [0.3, 0.4) is 0 Å². The Kier molecular flexibility index (Phi) is 6.02. The van der Waals surface area contributed by atoms with E-state index in [1.54, 1.807) is 43.5 Å². The Hall–Kier alpha value is -3.38. The molecule has 0 spiro atoms. The minimum absolute atomic E-state index is 0.149. The second-order valence-electron chi connectivity index (χ2n) is 5.60. The molecule has 0 atom stereocenters. The van der Waals surface area contributed by atoms with E-state index in [9.17, 15) is 9.59 Å². The predicted molar refractivity (Wildman–Crippen MR) is 109 cm³/mol. The molecule has 3 rings (SSSR count). The van der Waals surface area contributed by atoms with E-state index in [0.717, 1.165) is 11.3 Å². The molecular formula is C21H18N2O3S. The van der Waals surface area contributed by atoms with Crippen LogP contribution in [0.15, 0.2) is 72.1 Å². The molecule has 0 aliphatic rings. The maximum atomic E-state index is 12.0. The summed E-state index contributed by atoms with van der Waals surface area (Å²) in [6.45, 7) is 0. The second kappa shape index (κ2) is 8.82. The number of methoxy groups -OCH3 is 1. The second-order valence-corrected chi connectivity index (χ2v) is 6.55. The van der Waals surface area contributed by atoms with Gasteiger partial charge >= 0.3 is 0 Å². The van der Waals surface area contributed by atoms with Gasteiger partial charge in [0, 0.05) is 17.5 Å². The number of rotatable bonds is 6. The van der Waals surface area contributed by atoms with Crippen molar-refractivity contribution in [2.24, 2.45) is 0 Å². The van der Waals surface area contributed by atoms with Crippen LogP contribution in [0.25, 0.3) is 6.08 Å². The maximum absolute atomic E-state index is 12.0. The third-order valence-electron chi connectivity index (χ3n) is 3.70. The van der Waals surface area contributed by atoms with Gasteiger partial charge in [0.05, 0.1) is 12.0 Å². The van der Waals surface area contributed by atoms with Gasteiger partial charge in [-0.05, 0) is 59.5 Å². The number of thiophene rings is 1. The van der Waals surface area contributed by atoms with Crippen LogP contribution < -0.4 is 15.4 Å². The smallest absolute Gasteiger partial charge is 0.265 e. The molecule has 1 aromatic heterocycles. The number of hydrogen-bond acceptors (Lipinski definition) is 4. The van der Waals surface area contributed by atoms with Gasteiger partial charge in [-0.25, -0.2) is 0 Å². The van der Waals surface area contributed by atoms with Crippen molar-refractivity contribution in [3.8, 4) is 5.75 Å². The zero-order valence-electron chi connectivity index (χ0n) is 14.6. The fraction of sp³-hybridized carbons (Fsp3) is 0.0476. The van der Waals surface area contributed by atoms with Gasteiger partial charge in [-0.2, -0.15) is 0 Å². The number of amides is 2. The number of ether oxygens (including phenoxy) is 1. The summed E-state index contributed by atoms with van der Waals surface area (Å²) in [6, 6.07) is 18.0. The first-order valence-electron chi connectivity index (χ1n) is 8.22. The van der Waals surface area contributed by atoms with E-state index < -0.39 is 0 Å². The number of hydrogen-bond donors (Lipinski definition) is 2. The lowest BCUT2D eigenvalue weighted by Gasteiger charge is -2.06. The van der Waals surface area contributed by atoms with Crippen molar-refractivity contribution in [1.29, 1.82) is 0 Å². The van der Waals surface area contributed by atoms with Crippen LogP contribution in [0, 0.1) is 0 Å². The molecule has 6 heteroatoms. The maximum Gasteiger partial charge on any atom is 0.265 e. The van der Waals surface area contributed by atoms with E-state index >= 15 is 0 Å². The van der Waals surface area contributed by atoms with Crippen LogP contribution in [0.5, 0.6) is 5.75 Å². The summed E-state index contributed by atoms with van der Waals surface area (Å²) in [5, 5.41) is 7.45. The van der Waals surface area contributed by atoms with Crippen molar-refractivity contribution in [3.05, 3.63) is 82.6 Å². The average Bonchev–Trinajstić information content (AvgIpc) is 3.23. The number of carbonyl (C=O) groups is 2. The highest BCUT2D eigenvalue weighted by Crippen LogP contribution is 2.17. The largest absolute Gasteiger partial charge is 0.497 e. The van der Waals surface area contributed by atoms with E-state index in [2.05, 4.69) is 10.6 Å². The Labute approximate surface area is 161 Å². The third-order valence-corrected chi connectivity index (χ3v) is 4.57. The lowest BCUT2D eigenvalue weighted by Crippen LogP contribution is -2.10. The van der Waals surface area contributed by atoms with Gasteiger partial charge in [0.1, 0.15) is 5.75 Å². The van der Waals surface area contributed by atoms with E-state index in [4.69, 9.17) is 4.74 Å². The standard InChI is InChI=1S/C21H18N2O3S/c1-26-18-11-4-15(5-12-18)6-13-20(24)22-16-7-9-17(10-8-16)23-21(25)19-3-2-14-27-19/h2-14H,1H3,(H,22,24)(H,23,25). The number of nitrogens with one attached hydrogen (secondary N) is 2. The van der Waals surface area contributed by atoms with Crippen molar-refractivity contribution in [1.82, 2.24) is 0 Å². The molecule has 0 fully saturated rings. The Balaban J connectivity index is 1.54. The van der Waals surface area contributed by atoms with E-state index in [1.165, 1.54) is 17.4 Å². The minimum Gasteiger partial charge on any atom is -0.497 e. The van der Waals surface area contributed by atoms with Gasteiger partial charge in [0.2, 0.25) is 5.91 Å². The monoisotopic (exact) mass is 378 g/mol. The lowest BCUT2D eigenvalue weighted by molar-refractivity contribution is -0.111. The molecule has 2 aromatic carbocycles. The van der Waals surface area contributed by atoms with Gasteiger partial charge in [-0.3, -0.25) is 9.59 Å². The number of anilines is 2. The molecule has 5 nitrogen and oxygen atoms in total. The molecule has 27 heavy (non-hydrogen) atoms. The normalized spacial score (nSPS) is 10.6. The molecule has 0 radical (unpaired) electrons. The highest BCUT2D eigenvalue weighted by molar-refractivity contribution is 7.12. The Morgan fingerprint density at radius 2 is 1.59 bits per heavy atom. The van der Waals surface area contributed by atoms with E-state index in [-0.39, 0.29) is 11.8 Å². The molecule has 2 amide bonds. The quantitative estimate of drug-likeness (QED) is 0.613. The summed E-state index contributed by atoms with van der Waals surface area (Å²) < 4.78 is 5.10. The van der Waals surface area contributed by atoms with Gasteiger partial charge in [0.15, 0.2) is 0 Å². The van der Waals surface area contributed by atoms with E-state index in [1.807, 2.05) is 35.7 Å². The van der Waals surface area contributed by atoms with Crippen LogP contribution >= 0.6 is 11.3 Å². The molecule has 136 valence electrons. The molecule has 0 unspecified atom stereocenters. The molecule has 0 aliphatic heterocycles. The minimum atomic E-state index is -0.235. The Morgan fingerprint density at radius 3 is 2.19 bits per heavy atom. The predicted octanol–water partition coefficient (Wildman–Crippen LogP) is 4.66.